The zero-order chi connectivity index (χ0) is 14.0. The molecule has 4 amide bonds. The van der Waals surface area contributed by atoms with Crippen LogP contribution in [0, 0.1) is 5.21 Å². The summed E-state index contributed by atoms with van der Waals surface area (Å²) in [4.78, 5) is 33.9. The van der Waals surface area contributed by atoms with Crippen molar-refractivity contribution in [3.63, 3.8) is 0 Å². The molecule has 2 heterocycles. The second-order valence-electron chi connectivity index (χ2n) is 3.51. The lowest BCUT2D eigenvalue weighted by atomic mass is 10.2. The molecule has 1 unspecified atom stereocenters. The van der Waals surface area contributed by atoms with Gasteiger partial charge in [0.05, 0.1) is 11.3 Å². The van der Waals surface area contributed by atoms with Gasteiger partial charge in [-0.25, -0.2) is 15.4 Å². The first-order chi connectivity index (χ1) is 9.00. The third kappa shape index (κ3) is 2.37. The van der Waals surface area contributed by atoms with Gasteiger partial charge >= 0.3 is 11.8 Å². The summed E-state index contributed by atoms with van der Waals surface area (Å²) in [6.45, 7) is 0. The van der Waals surface area contributed by atoms with E-state index < -0.39 is 23.9 Å². The van der Waals surface area contributed by atoms with E-state index in [0.29, 0.717) is 4.73 Å². The molecule has 1 fully saturated rings. The highest BCUT2D eigenvalue weighted by Crippen LogP contribution is 2.09. The van der Waals surface area contributed by atoms with Gasteiger partial charge in [-0.3, -0.25) is 14.9 Å². The molecule has 3 N–H and O–H groups in total. The Morgan fingerprint density at radius 1 is 1.37 bits per heavy atom. The molecule has 10 nitrogen and oxygen atoms in total. The fraction of sp³-hybridized carbons (Fsp3) is 0.111. The number of imide groups is 2. The number of nitrogens with two attached hydrogens (primary N) is 1. The van der Waals surface area contributed by atoms with E-state index in [1.807, 2.05) is 5.32 Å². The summed E-state index contributed by atoms with van der Waals surface area (Å²) in [5.74, 6) is 3.04. The molecule has 0 aliphatic carbocycles. The third-order valence-electron chi connectivity index (χ3n) is 2.25. The number of hydrazine groups is 1. The highest BCUT2D eigenvalue weighted by atomic mass is 16.5. The van der Waals surface area contributed by atoms with Crippen LogP contribution in [0.25, 0.3) is 0 Å². The van der Waals surface area contributed by atoms with Gasteiger partial charge in [-0.15, -0.1) is 0 Å². The number of pyridine rings is 1. The number of nitrogens with zero attached hydrogens (tertiary/aromatic N) is 4. The summed E-state index contributed by atoms with van der Waals surface area (Å²) < 4.78 is 0.403. The molecular weight excluding hydrogens is 256 g/mol. The smallest absolute Gasteiger partial charge is 0.353 e. The molecule has 0 radical (unpaired) electrons. The number of carbonyl (C=O) groups excluding carboxylic acids is 3. The van der Waals surface area contributed by atoms with Crippen LogP contribution in [-0.4, -0.2) is 28.9 Å². The fourth-order valence-electron chi connectivity index (χ4n) is 1.29. The Bertz CT molecular complexity index is 586. The molecule has 1 aromatic heterocycles. The van der Waals surface area contributed by atoms with Crippen molar-refractivity contribution >= 4 is 23.7 Å². The number of carbonyl (C=O) groups is 3. The van der Waals surface area contributed by atoms with Gasteiger partial charge < -0.3 is 5.21 Å². The van der Waals surface area contributed by atoms with Crippen LogP contribution >= 0.6 is 0 Å². The fourth-order valence-corrected chi connectivity index (χ4v) is 1.29. The first-order valence-corrected chi connectivity index (χ1v) is 5.03. The van der Waals surface area contributed by atoms with Gasteiger partial charge in [-0.2, -0.15) is 5.01 Å². The number of nitrogens with one attached hydrogen (secondary N) is 1. The molecular formula is C9H8N6O4. The molecule has 1 atom stereocenters. The van der Waals surface area contributed by atoms with Crippen molar-refractivity contribution in [3.8, 4) is 0 Å². The van der Waals surface area contributed by atoms with Crippen molar-refractivity contribution in [2.75, 3.05) is 0 Å². The predicted octanol–water partition coefficient (Wildman–Crippen LogP) is -1.28. The van der Waals surface area contributed by atoms with Gasteiger partial charge in [0.15, 0.2) is 0 Å². The Morgan fingerprint density at radius 3 is 2.79 bits per heavy atom. The van der Waals surface area contributed by atoms with Gasteiger partial charge in [0.1, 0.15) is 0 Å². The highest BCUT2D eigenvalue weighted by Gasteiger charge is 2.41. The summed E-state index contributed by atoms with van der Waals surface area (Å²) in [5.41, 5.74) is 0. The van der Waals surface area contributed by atoms with E-state index in [-0.39, 0.29) is 10.8 Å². The molecule has 19 heavy (non-hydrogen) atoms. The number of rotatable bonds is 2. The van der Waals surface area contributed by atoms with Crippen molar-refractivity contribution in [2.24, 2.45) is 16.1 Å². The lowest BCUT2D eigenvalue weighted by Crippen LogP contribution is -2.62. The number of amides is 4. The van der Waals surface area contributed by atoms with Crippen molar-refractivity contribution in [2.45, 2.75) is 6.04 Å². The molecule has 0 bridgehead atoms. The van der Waals surface area contributed by atoms with E-state index >= 15 is 0 Å². The van der Waals surface area contributed by atoms with E-state index in [4.69, 9.17) is 5.84 Å². The second kappa shape index (κ2) is 4.78. The highest BCUT2D eigenvalue weighted by molar-refractivity contribution is 6.18. The van der Waals surface area contributed by atoms with E-state index in [2.05, 4.69) is 10.2 Å². The minimum Gasteiger partial charge on any atom is -0.710 e. The molecule has 98 valence electrons. The molecule has 10 heteroatoms. The molecule has 0 aromatic carbocycles. The number of hydrogen-bond donors (Lipinski definition) is 2. The van der Waals surface area contributed by atoms with Crippen molar-refractivity contribution in [1.82, 2.24) is 10.3 Å². The van der Waals surface area contributed by atoms with Crippen LogP contribution in [-0.2, 0) is 9.59 Å². The molecule has 1 aliphatic rings. The van der Waals surface area contributed by atoms with Crippen LogP contribution in [0.15, 0.2) is 34.6 Å². The summed E-state index contributed by atoms with van der Waals surface area (Å²) in [7, 11) is 0. The number of urea groups is 1. The molecule has 0 saturated carbocycles. The van der Waals surface area contributed by atoms with Crippen LogP contribution in [0.3, 0.4) is 0 Å². The average Bonchev–Trinajstić information content (AvgIpc) is 2.38. The average molecular weight is 264 g/mol. The maximum absolute atomic E-state index is 11.5. The first kappa shape index (κ1) is 12.6. The SMILES string of the molecule is NN1C(=O)NC(=O)C(N=Nc2cccc[n+]2[O-])C1=O. The van der Waals surface area contributed by atoms with Crippen molar-refractivity contribution in [1.29, 1.82) is 0 Å². The number of barbiturate groups is 1. The summed E-state index contributed by atoms with van der Waals surface area (Å²) >= 11 is 0. The number of hydrogen-bond acceptors (Lipinski definition) is 7. The third-order valence-corrected chi connectivity index (χ3v) is 2.25. The summed E-state index contributed by atoms with van der Waals surface area (Å²) in [5, 5.41) is 20.2. The van der Waals surface area contributed by atoms with Crippen LogP contribution in [0.5, 0.6) is 0 Å². The Kier molecular flexibility index (Phi) is 3.16. The van der Waals surface area contributed by atoms with Gasteiger partial charge in [0.2, 0.25) is 0 Å². The van der Waals surface area contributed by atoms with Crippen molar-refractivity contribution < 1.29 is 19.1 Å². The zero-order valence-corrected chi connectivity index (χ0v) is 9.39. The maximum atomic E-state index is 11.5. The Labute approximate surface area is 106 Å². The van der Waals surface area contributed by atoms with Crippen LogP contribution in [0.4, 0.5) is 10.6 Å². The quantitative estimate of drug-likeness (QED) is 0.171. The lowest BCUT2D eigenvalue weighted by Gasteiger charge is -2.22. The van der Waals surface area contributed by atoms with Crippen molar-refractivity contribution in [3.05, 3.63) is 29.6 Å². The lowest BCUT2D eigenvalue weighted by molar-refractivity contribution is -0.591. The normalized spacial score (nSPS) is 19.9. The van der Waals surface area contributed by atoms with Gasteiger partial charge in [0, 0.05) is 6.07 Å². The summed E-state index contributed by atoms with van der Waals surface area (Å²) in [6.07, 6.45) is 1.18. The van der Waals surface area contributed by atoms with E-state index in [9.17, 15) is 19.6 Å². The van der Waals surface area contributed by atoms with Gasteiger partial charge in [0.25, 0.3) is 17.9 Å². The van der Waals surface area contributed by atoms with Gasteiger partial charge in [-0.05, 0) is 6.07 Å². The first-order valence-electron chi connectivity index (χ1n) is 5.03. The molecule has 1 aromatic rings. The molecule has 0 spiro atoms. The Hall–Kier alpha value is -2.88. The van der Waals surface area contributed by atoms with E-state index in [1.54, 1.807) is 0 Å². The monoisotopic (exact) mass is 264 g/mol. The van der Waals surface area contributed by atoms with Crippen LogP contribution in [0.1, 0.15) is 0 Å². The van der Waals surface area contributed by atoms with Crippen LogP contribution in [0.2, 0.25) is 0 Å². The predicted molar refractivity (Wildman–Crippen MR) is 58.3 cm³/mol. The molecule has 2 rings (SSSR count). The minimum absolute atomic E-state index is 0.108. The summed E-state index contributed by atoms with van der Waals surface area (Å²) in [6, 6.07) is 1.71. The Balaban J connectivity index is 2.23. The van der Waals surface area contributed by atoms with E-state index in [0.717, 1.165) is 0 Å². The number of aromatic nitrogens is 1. The second-order valence-corrected chi connectivity index (χ2v) is 3.51. The topological polar surface area (TPSA) is 144 Å². The molecule has 1 saturated heterocycles. The molecule has 1 aliphatic heterocycles. The zero-order valence-electron chi connectivity index (χ0n) is 9.39. The number of azo groups is 1. The minimum atomic E-state index is -1.59. The van der Waals surface area contributed by atoms with E-state index in [1.165, 1.54) is 24.4 Å². The van der Waals surface area contributed by atoms with Crippen LogP contribution < -0.4 is 15.9 Å². The standard InChI is InChI=1S/C9H8N6O4/c10-15-8(17)6(7(16)11-9(15)18)13-12-5-3-1-2-4-14(5)19/h1-4,6H,10H2,(H,11,16,18). The largest absolute Gasteiger partial charge is 0.710 e. The maximum Gasteiger partial charge on any atom is 0.353 e. The Morgan fingerprint density at radius 2 is 2.11 bits per heavy atom. The van der Waals surface area contributed by atoms with Gasteiger partial charge in [-0.1, -0.05) is 11.2 Å².